The molecule has 5 nitrogen and oxygen atoms in total. The molecule has 0 aliphatic heterocycles. The Bertz CT molecular complexity index is 835. The van der Waals surface area contributed by atoms with Crippen molar-refractivity contribution in [2.45, 2.75) is 25.3 Å². The molecule has 0 amide bonds. The van der Waals surface area contributed by atoms with Gasteiger partial charge in [0.1, 0.15) is 11.5 Å². The maximum Gasteiger partial charge on any atom is 0.179 e. The van der Waals surface area contributed by atoms with Crippen LogP contribution in [0.2, 0.25) is 5.02 Å². The Morgan fingerprint density at radius 1 is 1.15 bits per heavy atom. The largest absolute Gasteiger partial charge is 0.497 e. The molecule has 1 aliphatic carbocycles. The van der Waals surface area contributed by atoms with Gasteiger partial charge in [0.2, 0.25) is 0 Å². The minimum atomic E-state index is -0.466. The van der Waals surface area contributed by atoms with E-state index in [4.69, 9.17) is 31.5 Å². The minimum Gasteiger partial charge on any atom is -0.497 e. The zero-order valence-electron chi connectivity index (χ0n) is 15.8. The molecule has 2 atom stereocenters. The number of hydrogen-bond donors (Lipinski definition) is 1. The SMILES string of the molecule is COc1ccc(CC(=O)C2CCc3cc(OC)c(OC)c(Cl)c3C2N)cc1. The molecule has 27 heavy (non-hydrogen) atoms. The van der Waals surface area contributed by atoms with Crippen LogP contribution in [-0.2, 0) is 17.6 Å². The number of carbonyl (C=O) groups is 1. The van der Waals surface area contributed by atoms with E-state index in [0.717, 1.165) is 28.9 Å². The van der Waals surface area contributed by atoms with Crippen LogP contribution in [0.3, 0.4) is 0 Å². The van der Waals surface area contributed by atoms with Gasteiger partial charge in [-0.3, -0.25) is 4.79 Å². The van der Waals surface area contributed by atoms with Gasteiger partial charge < -0.3 is 19.9 Å². The molecule has 1 aliphatic rings. The van der Waals surface area contributed by atoms with Gasteiger partial charge in [-0.25, -0.2) is 0 Å². The topological polar surface area (TPSA) is 70.8 Å². The van der Waals surface area contributed by atoms with E-state index in [1.807, 2.05) is 30.3 Å². The second-order valence-electron chi connectivity index (χ2n) is 6.66. The van der Waals surface area contributed by atoms with Crippen LogP contribution in [0.25, 0.3) is 0 Å². The Morgan fingerprint density at radius 3 is 2.44 bits per heavy atom. The highest BCUT2D eigenvalue weighted by molar-refractivity contribution is 6.33. The average Bonchev–Trinajstić information content (AvgIpc) is 2.68. The fraction of sp³-hybridized carbons (Fsp3) is 0.381. The normalized spacial score (nSPS) is 18.6. The van der Waals surface area contributed by atoms with Crippen molar-refractivity contribution in [3.63, 3.8) is 0 Å². The molecular formula is C21H24ClNO4. The monoisotopic (exact) mass is 389 g/mol. The number of fused-ring (bicyclic) bond motifs is 1. The second kappa shape index (κ2) is 8.19. The first-order chi connectivity index (χ1) is 13.0. The van der Waals surface area contributed by atoms with E-state index < -0.39 is 6.04 Å². The van der Waals surface area contributed by atoms with Gasteiger partial charge in [0.25, 0.3) is 0 Å². The summed E-state index contributed by atoms with van der Waals surface area (Å²) in [5.41, 5.74) is 9.23. The lowest BCUT2D eigenvalue weighted by Crippen LogP contribution is -2.34. The van der Waals surface area contributed by atoms with E-state index in [9.17, 15) is 4.79 Å². The fourth-order valence-corrected chi connectivity index (χ4v) is 4.13. The lowest BCUT2D eigenvalue weighted by molar-refractivity contribution is -0.123. The third kappa shape index (κ3) is 3.75. The number of hydrogen-bond acceptors (Lipinski definition) is 5. The molecule has 2 N–H and O–H groups in total. The fourth-order valence-electron chi connectivity index (χ4n) is 3.71. The summed E-state index contributed by atoms with van der Waals surface area (Å²) in [7, 11) is 4.73. The zero-order valence-corrected chi connectivity index (χ0v) is 16.5. The van der Waals surface area contributed by atoms with Crippen molar-refractivity contribution in [2.75, 3.05) is 21.3 Å². The average molecular weight is 390 g/mol. The van der Waals surface area contributed by atoms with Crippen molar-refractivity contribution in [1.82, 2.24) is 0 Å². The van der Waals surface area contributed by atoms with E-state index in [1.165, 1.54) is 7.11 Å². The number of ether oxygens (including phenoxy) is 3. The summed E-state index contributed by atoms with van der Waals surface area (Å²) in [5, 5.41) is 0.432. The molecule has 0 radical (unpaired) electrons. The first kappa shape index (κ1) is 19.5. The lowest BCUT2D eigenvalue weighted by atomic mass is 9.76. The number of halogens is 1. The predicted octanol–water partition coefficient (Wildman–Crippen LogP) is 3.74. The number of methoxy groups -OCH3 is 3. The van der Waals surface area contributed by atoms with Crippen LogP contribution in [0.5, 0.6) is 17.2 Å². The van der Waals surface area contributed by atoms with Gasteiger partial charge in [0.05, 0.1) is 26.4 Å². The molecule has 2 aromatic rings. The molecule has 0 heterocycles. The van der Waals surface area contributed by atoms with E-state index in [2.05, 4.69) is 0 Å². The van der Waals surface area contributed by atoms with Gasteiger partial charge in [0.15, 0.2) is 11.5 Å². The van der Waals surface area contributed by atoms with Gasteiger partial charge in [-0.1, -0.05) is 23.7 Å². The summed E-state index contributed by atoms with van der Waals surface area (Å²) in [4.78, 5) is 12.9. The van der Waals surface area contributed by atoms with Crippen LogP contribution >= 0.6 is 11.6 Å². The van der Waals surface area contributed by atoms with Gasteiger partial charge in [-0.15, -0.1) is 0 Å². The third-order valence-electron chi connectivity index (χ3n) is 5.18. The molecule has 144 valence electrons. The number of benzene rings is 2. The number of nitrogens with two attached hydrogens (primary N) is 1. The standard InChI is InChI=1S/C21H24ClNO4/c1-25-14-7-4-12(5-8-14)10-16(24)15-9-6-13-11-17(26-2)21(27-3)19(22)18(13)20(15)23/h4-5,7-8,11,15,20H,6,9-10,23H2,1-3H3. The van der Waals surface area contributed by atoms with E-state index in [0.29, 0.717) is 29.4 Å². The van der Waals surface area contributed by atoms with E-state index >= 15 is 0 Å². The number of ketones is 1. The maximum atomic E-state index is 12.9. The maximum absolute atomic E-state index is 12.9. The molecule has 0 saturated carbocycles. The molecule has 6 heteroatoms. The first-order valence-electron chi connectivity index (χ1n) is 8.84. The highest BCUT2D eigenvalue weighted by Crippen LogP contribution is 2.46. The molecule has 2 aromatic carbocycles. The highest BCUT2D eigenvalue weighted by atomic mass is 35.5. The summed E-state index contributed by atoms with van der Waals surface area (Å²) in [6, 6.07) is 8.95. The summed E-state index contributed by atoms with van der Waals surface area (Å²) < 4.78 is 15.9. The van der Waals surface area contributed by atoms with E-state index in [1.54, 1.807) is 14.2 Å². The molecule has 0 spiro atoms. The molecule has 0 aromatic heterocycles. The Morgan fingerprint density at radius 2 is 1.85 bits per heavy atom. The van der Waals surface area contributed by atoms with Crippen molar-refractivity contribution in [2.24, 2.45) is 11.7 Å². The Hall–Kier alpha value is -2.24. The van der Waals surface area contributed by atoms with Crippen LogP contribution in [0.15, 0.2) is 30.3 Å². The van der Waals surface area contributed by atoms with Crippen LogP contribution in [0, 0.1) is 5.92 Å². The van der Waals surface area contributed by atoms with Crippen molar-refractivity contribution in [1.29, 1.82) is 0 Å². The smallest absolute Gasteiger partial charge is 0.179 e. The Labute approximate surface area is 164 Å². The van der Waals surface area contributed by atoms with Crippen LogP contribution in [0.1, 0.15) is 29.2 Å². The third-order valence-corrected chi connectivity index (χ3v) is 5.55. The van der Waals surface area contributed by atoms with Gasteiger partial charge >= 0.3 is 0 Å². The molecular weight excluding hydrogens is 366 g/mol. The van der Waals surface area contributed by atoms with Gasteiger partial charge in [-0.2, -0.15) is 0 Å². The molecule has 3 rings (SSSR count). The van der Waals surface area contributed by atoms with Gasteiger partial charge in [-0.05, 0) is 47.7 Å². The van der Waals surface area contributed by atoms with Crippen LogP contribution in [0.4, 0.5) is 0 Å². The Kier molecular flexibility index (Phi) is 5.92. The van der Waals surface area contributed by atoms with Crippen LogP contribution in [-0.4, -0.2) is 27.1 Å². The summed E-state index contributed by atoms with van der Waals surface area (Å²) in [6.07, 6.45) is 1.75. The van der Waals surface area contributed by atoms with E-state index in [-0.39, 0.29) is 11.7 Å². The van der Waals surface area contributed by atoms with Gasteiger partial charge in [0, 0.05) is 18.4 Å². The van der Waals surface area contributed by atoms with Crippen molar-refractivity contribution >= 4 is 17.4 Å². The quantitative estimate of drug-likeness (QED) is 0.814. The number of rotatable bonds is 6. The molecule has 2 unspecified atom stereocenters. The number of aryl methyl sites for hydroxylation is 1. The van der Waals surface area contributed by atoms with Crippen LogP contribution < -0.4 is 19.9 Å². The summed E-state index contributed by atoms with van der Waals surface area (Å²) in [6.45, 7) is 0. The number of Topliss-reactive ketones (excluding diaryl/α,β-unsaturated/α-hetero) is 1. The highest BCUT2D eigenvalue weighted by Gasteiger charge is 2.35. The molecule has 0 fully saturated rings. The zero-order chi connectivity index (χ0) is 19.6. The molecule has 0 bridgehead atoms. The number of carbonyl (C=O) groups excluding carboxylic acids is 1. The second-order valence-corrected chi connectivity index (χ2v) is 7.04. The first-order valence-corrected chi connectivity index (χ1v) is 9.22. The molecule has 0 saturated heterocycles. The summed E-state index contributed by atoms with van der Waals surface area (Å²) >= 11 is 6.56. The Balaban J connectivity index is 1.85. The van der Waals surface area contributed by atoms with Crippen molar-refractivity contribution in [3.8, 4) is 17.2 Å². The van der Waals surface area contributed by atoms with Crippen molar-refractivity contribution in [3.05, 3.63) is 52.0 Å². The minimum absolute atomic E-state index is 0.115. The summed E-state index contributed by atoms with van der Waals surface area (Å²) in [5.74, 6) is 1.63. The lowest BCUT2D eigenvalue weighted by Gasteiger charge is -2.32. The predicted molar refractivity (Wildman–Crippen MR) is 105 cm³/mol. The van der Waals surface area contributed by atoms with Crippen molar-refractivity contribution < 1.29 is 19.0 Å².